The zero-order valence-corrected chi connectivity index (χ0v) is 12.6. The van der Waals surface area contributed by atoms with Gasteiger partial charge in [-0.1, -0.05) is 0 Å². The van der Waals surface area contributed by atoms with Crippen molar-refractivity contribution in [1.82, 2.24) is 10.2 Å². The highest BCUT2D eigenvalue weighted by Gasteiger charge is 2.14. The molecule has 3 amide bonds. The standard InChI is InChI=1S/C11H13BrN2O4S/c1-14(5-7-4-8(12)19-6-7)11(18)13-9(15)2-3-10(16)17/h4,6H,2-3,5H2,1H3,(H,16,17)(H,13,15,18). The highest BCUT2D eigenvalue weighted by molar-refractivity contribution is 9.11. The van der Waals surface area contributed by atoms with Gasteiger partial charge in [-0.2, -0.15) is 0 Å². The van der Waals surface area contributed by atoms with Gasteiger partial charge in [0.05, 0.1) is 10.2 Å². The smallest absolute Gasteiger partial charge is 0.324 e. The summed E-state index contributed by atoms with van der Waals surface area (Å²) in [5, 5.41) is 12.5. The molecule has 1 aromatic rings. The highest BCUT2D eigenvalue weighted by Crippen LogP contribution is 2.21. The minimum Gasteiger partial charge on any atom is -0.481 e. The summed E-state index contributed by atoms with van der Waals surface area (Å²) in [5.41, 5.74) is 0.951. The highest BCUT2D eigenvalue weighted by atomic mass is 79.9. The molecule has 0 aliphatic heterocycles. The molecular formula is C11H13BrN2O4S. The number of hydrogen-bond acceptors (Lipinski definition) is 4. The van der Waals surface area contributed by atoms with Crippen LogP contribution >= 0.6 is 27.3 Å². The summed E-state index contributed by atoms with van der Waals surface area (Å²) in [5.74, 6) is -1.66. The lowest BCUT2D eigenvalue weighted by Gasteiger charge is -2.16. The Morgan fingerprint density at radius 3 is 2.63 bits per heavy atom. The Hall–Kier alpha value is -1.41. The third kappa shape index (κ3) is 5.84. The number of carboxylic acid groups (broad SMARTS) is 1. The van der Waals surface area contributed by atoms with Gasteiger partial charge >= 0.3 is 12.0 Å². The number of urea groups is 1. The van der Waals surface area contributed by atoms with E-state index in [0.717, 1.165) is 9.35 Å². The minimum atomic E-state index is -1.07. The second kappa shape index (κ2) is 7.25. The number of aliphatic carboxylic acids is 1. The van der Waals surface area contributed by atoms with E-state index in [1.54, 1.807) is 7.05 Å². The minimum absolute atomic E-state index is 0.209. The van der Waals surface area contributed by atoms with E-state index < -0.39 is 17.9 Å². The van der Waals surface area contributed by atoms with Gasteiger partial charge in [0, 0.05) is 20.0 Å². The third-order valence-electron chi connectivity index (χ3n) is 2.20. The van der Waals surface area contributed by atoms with Crippen LogP contribution in [0.15, 0.2) is 15.2 Å². The number of carbonyl (C=O) groups excluding carboxylic acids is 2. The van der Waals surface area contributed by atoms with Gasteiger partial charge in [0.15, 0.2) is 0 Å². The summed E-state index contributed by atoms with van der Waals surface area (Å²) in [7, 11) is 1.56. The molecule has 19 heavy (non-hydrogen) atoms. The normalized spacial score (nSPS) is 10.0. The van der Waals surface area contributed by atoms with Crippen molar-refractivity contribution in [3.63, 3.8) is 0 Å². The Labute approximate surface area is 122 Å². The molecule has 1 aromatic heterocycles. The molecule has 8 heteroatoms. The average Bonchev–Trinajstić information content (AvgIpc) is 2.72. The number of halogens is 1. The van der Waals surface area contributed by atoms with E-state index in [4.69, 9.17) is 5.11 Å². The second-order valence-corrected chi connectivity index (χ2v) is 6.15. The van der Waals surface area contributed by atoms with Crippen molar-refractivity contribution in [2.24, 2.45) is 0 Å². The Bertz CT molecular complexity index is 489. The van der Waals surface area contributed by atoms with Gasteiger partial charge in [-0.05, 0) is 32.9 Å². The predicted octanol–water partition coefficient (Wildman–Crippen LogP) is 2.04. The van der Waals surface area contributed by atoms with Crippen LogP contribution in [0.1, 0.15) is 18.4 Å². The van der Waals surface area contributed by atoms with Crippen molar-refractivity contribution < 1.29 is 19.5 Å². The van der Waals surface area contributed by atoms with Crippen LogP contribution in [0.25, 0.3) is 0 Å². The SMILES string of the molecule is CN(Cc1csc(Br)c1)C(=O)NC(=O)CCC(=O)O. The number of nitrogens with one attached hydrogen (secondary N) is 1. The number of thiophene rings is 1. The third-order valence-corrected chi connectivity index (χ3v) is 3.75. The zero-order chi connectivity index (χ0) is 14.4. The monoisotopic (exact) mass is 348 g/mol. The van der Waals surface area contributed by atoms with Gasteiger partial charge in [0.2, 0.25) is 5.91 Å². The van der Waals surface area contributed by atoms with Crippen molar-refractivity contribution in [2.45, 2.75) is 19.4 Å². The number of imide groups is 1. The topological polar surface area (TPSA) is 86.7 Å². The molecule has 0 aromatic carbocycles. The van der Waals surface area contributed by atoms with Crippen LogP contribution in [0, 0.1) is 0 Å². The number of carbonyl (C=O) groups is 3. The summed E-state index contributed by atoms with van der Waals surface area (Å²) in [4.78, 5) is 34.6. The van der Waals surface area contributed by atoms with Crippen molar-refractivity contribution >= 4 is 45.2 Å². The molecule has 104 valence electrons. The molecule has 0 bridgehead atoms. The molecule has 2 N–H and O–H groups in total. The van der Waals surface area contributed by atoms with Crippen molar-refractivity contribution in [3.8, 4) is 0 Å². The van der Waals surface area contributed by atoms with Crippen LogP contribution in [0.5, 0.6) is 0 Å². The van der Waals surface area contributed by atoms with E-state index in [-0.39, 0.29) is 12.8 Å². The summed E-state index contributed by atoms with van der Waals surface area (Å²) in [6.45, 7) is 0.375. The number of rotatable bonds is 5. The van der Waals surface area contributed by atoms with Crippen LogP contribution in [-0.4, -0.2) is 35.0 Å². The Morgan fingerprint density at radius 2 is 2.11 bits per heavy atom. The fourth-order valence-electron chi connectivity index (χ4n) is 1.27. The van der Waals surface area contributed by atoms with Crippen LogP contribution in [-0.2, 0) is 16.1 Å². The fourth-order valence-corrected chi connectivity index (χ4v) is 2.47. The molecule has 6 nitrogen and oxygen atoms in total. The van der Waals surface area contributed by atoms with E-state index in [9.17, 15) is 14.4 Å². The van der Waals surface area contributed by atoms with Crippen molar-refractivity contribution in [1.29, 1.82) is 0 Å². The predicted molar refractivity (Wildman–Crippen MR) is 73.9 cm³/mol. The van der Waals surface area contributed by atoms with Gasteiger partial charge in [0.1, 0.15) is 0 Å². The van der Waals surface area contributed by atoms with E-state index in [1.807, 2.05) is 11.4 Å². The number of hydrogen-bond donors (Lipinski definition) is 2. The molecule has 0 saturated heterocycles. The van der Waals surface area contributed by atoms with Crippen LogP contribution in [0.3, 0.4) is 0 Å². The zero-order valence-electron chi connectivity index (χ0n) is 10.2. The Balaban J connectivity index is 2.40. The molecule has 1 rings (SSSR count). The molecule has 0 atom stereocenters. The maximum absolute atomic E-state index is 11.6. The van der Waals surface area contributed by atoms with Gasteiger partial charge in [-0.15, -0.1) is 11.3 Å². The summed E-state index contributed by atoms with van der Waals surface area (Å²) in [6.07, 6.45) is -0.501. The van der Waals surface area contributed by atoms with Crippen molar-refractivity contribution in [2.75, 3.05) is 7.05 Å². The summed E-state index contributed by atoms with van der Waals surface area (Å²) >= 11 is 4.83. The lowest BCUT2D eigenvalue weighted by molar-refractivity contribution is -0.138. The number of nitrogens with zero attached hydrogens (tertiary/aromatic N) is 1. The first-order chi connectivity index (χ1) is 8.88. The molecule has 1 heterocycles. The fraction of sp³-hybridized carbons (Fsp3) is 0.364. The number of carboxylic acids is 1. The molecule has 0 spiro atoms. The summed E-state index contributed by atoms with van der Waals surface area (Å²) < 4.78 is 0.967. The average molecular weight is 349 g/mol. The van der Waals surface area contributed by atoms with E-state index in [2.05, 4.69) is 21.2 Å². The van der Waals surface area contributed by atoms with E-state index >= 15 is 0 Å². The Morgan fingerprint density at radius 1 is 1.42 bits per heavy atom. The first-order valence-electron chi connectivity index (χ1n) is 5.38. The molecule has 0 radical (unpaired) electrons. The summed E-state index contributed by atoms with van der Waals surface area (Å²) in [6, 6.07) is 1.35. The first kappa shape index (κ1) is 15.6. The molecule has 0 saturated carbocycles. The van der Waals surface area contributed by atoms with Crippen LogP contribution < -0.4 is 5.32 Å². The molecular weight excluding hydrogens is 336 g/mol. The molecule has 0 fully saturated rings. The maximum Gasteiger partial charge on any atom is 0.324 e. The molecule has 0 unspecified atom stereocenters. The quantitative estimate of drug-likeness (QED) is 0.852. The van der Waals surface area contributed by atoms with E-state index in [1.165, 1.54) is 16.2 Å². The van der Waals surface area contributed by atoms with Crippen LogP contribution in [0.2, 0.25) is 0 Å². The van der Waals surface area contributed by atoms with Crippen molar-refractivity contribution in [3.05, 3.63) is 20.8 Å². The maximum atomic E-state index is 11.6. The van der Waals surface area contributed by atoms with E-state index in [0.29, 0.717) is 6.54 Å². The van der Waals surface area contributed by atoms with Gasteiger partial charge in [0.25, 0.3) is 0 Å². The Kier molecular flexibility index (Phi) is 5.97. The largest absolute Gasteiger partial charge is 0.481 e. The first-order valence-corrected chi connectivity index (χ1v) is 7.05. The van der Waals surface area contributed by atoms with Gasteiger partial charge in [-0.25, -0.2) is 4.79 Å². The van der Waals surface area contributed by atoms with Gasteiger partial charge in [-0.3, -0.25) is 14.9 Å². The lowest BCUT2D eigenvalue weighted by Crippen LogP contribution is -2.40. The lowest BCUT2D eigenvalue weighted by atomic mass is 10.3. The van der Waals surface area contributed by atoms with Crippen LogP contribution in [0.4, 0.5) is 4.79 Å². The second-order valence-electron chi connectivity index (χ2n) is 3.86. The molecule has 0 aliphatic rings. The van der Waals surface area contributed by atoms with Gasteiger partial charge < -0.3 is 10.0 Å². The number of amides is 3. The molecule has 0 aliphatic carbocycles.